The van der Waals surface area contributed by atoms with E-state index in [1.807, 2.05) is 43.3 Å². The highest BCUT2D eigenvalue weighted by atomic mass is 35.5. The van der Waals surface area contributed by atoms with Crippen LogP contribution in [0, 0.1) is 0 Å². The molecule has 3 rings (SSSR count). The van der Waals surface area contributed by atoms with Crippen molar-refractivity contribution in [2.45, 2.75) is 21.4 Å². The van der Waals surface area contributed by atoms with Gasteiger partial charge in [0.1, 0.15) is 0 Å². The van der Waals surface area contributed by atoms with E-state index in [9.17, 15) is 4.79 Å². The zero-order valence-corrected chi connectivity index (χ0v) is 19.2. The molecule has 1 heterocycles. The summed E-state index contributed by atoms with van der Waals surface area (Å²) in [4.78, 5) is 12.0. The maximum atomic E-state index is 12.0. The Hall–Kier alpha value is -1.58. The second-order valence-corrected chi connectivity index (χ2v) is 10.1. The molecule has 0 aliphatic heterocycles. The summed E-state index contributed by atoms with van der Waals surface area (Å²) in [7, 11) is 0. The van der Waals surface area contributed by atoms with Gasteiger partial charge in [0.05, 0.1) is 11.5 Å². The minimum absolute atomic E-state index is 0.200. The van der Waals surface area contributed by atoms with Crippen molar-refractivity contribution in [2.24, 2.45) is 5.10 Å². The van der Waals surface area contributed by atoms with Crippen LogP contribution in [0.15, 0.2) is 62.3 Å². The number of halogens is 2. The van der Waals surface area contributed by atoms with Crippen LogP contribution in [0.1, 0.15) is 18.1 Å². The summed E-state index contributed by atoms with van der Waals surface area (Å²) in [6.45, 7) is 1.82. The average Bonchev–Trinajstić information content (AvgIpc) is 3.18. The number of hydrogen-bond donors (Lipinski definition) is 1. The van der Waals surface area contributed by atoms with E-state index in [0.717, 1.165) is 30.6 Å². The van der Waals surface area contributed by atoms with Crippen LogP contribution in [-0.4, -0.2) is 27.6 Å². The SMILES string of the molecule is CC(=NNC(=O)CSc1nnc(SCc2ccc(Cl)cc2)s1)c1ccc(Cl)cc1. The van der Waals surface area contributed by atoms with Gasteiger partial charge < -0.3 is 0 Å². The zero-order chi connectivity index (χ0) is 20.6. The number of amides is 1. The second kappa shape index (κ2) is 11.0. The van der Waals surface area contributed by atoms with Gasteiger partial charge in [0.25, 0.3) is 5.91 Å². The fourth-order valence-corrected chi connectivity index (χ4v) is 5.12. The van der Waals surface area contributed by atoms with Gasteiger partial charge in [-0.3, -0.25) is 4.79 Å². The number of nitrogens with one attached hydrogen (secondary N) is 1. The molecule has 3 aromatic rings. The molecule has 0 fully saturated rings. The molecule has 0 saturated carbocycles. The molecule has 0 saturated heterocycles. The van der Waals surface area contributed by atoms with Crippen molar-refractivity contribution in [3.8, 4) is 0 Å². The molecular weight excluding hydrogens is 467 g/mol. The summed E-state index contributed by atoms with van der Waals surface area (Å²) in [6, 6.07) is 15.0. The van der Waals surface area contributed by atoms with Crippen molar-refractivity contribution >= 4 is 69.7 Å². The summed E-state index contributed by atoms with van der Waals surface area (Å²) in [5, 5.41) is 13.8. The number of hydrazone groups is 1. The molecule has 0 atom stereocenters. The van der Waals surface area contributed by atoms with E-state index >= 15 is 0 Å². The Bertz CT molecular complexity index is 991. The van der Waals surface area contributed by atoms with Crippen LogP contribution in [0.25, 0.3) is 0 Å². The minimum atomic E-state index is -0.200. The summed E-state index contributed by atoms with van der Waals surface area (Å²) in [6.07, 6.45) is 0. The van der Waals surface area contributed by atoms with Crippen LogP contribution >= 0.6 is 58.1 Å². The number of carbonyl (C=O) groups is 1. The van der Waals surface area contributed by atoms with Gasteiger partial charge in [0.15, 0.2) is 8.68 Å². The third-order valence-corrected chi connectivity index (χ3v) is 7.37. The first-order chi connectivity index (χ1) is 14.0. The van der Waals surface area contributed by atoms with Crippen LogP contribution in [0.4, 0.5) is 0 Å². The number of benzene rings is 2. The molecule has 0 bridgehead atoms. The molecule has 0 aliphatic rings. The van der Waals surface area contributed by atoms with Gasteiger partial charge in [0, 0.05) is 15.8 Å². The molecule has 150 valence electrons. The third kappa shape index (κ3) is 7.31. The van der Waals surface area contributed by atoms with Gasteiger partial charge in [-0.25, -0.2) is 5.43 Å². The summed E-state index contributed by atoms with van der Waals surface area (Å²) >= 11 is 16.2. The van der Waals surface area contributed by atoms with Crippen molar-refractivity contribution in [3.05, 3.63) is 69.7 Å². The number of nitrogens with zero attached hydrogens (tertiary/aromatic N) is 3. The lowest BCUT2D eigenvalue weighted by Crippen LogP contribution is -2.21. The van der Waals surface area contributed by atoms with Gasteiger partial charge in [-0.05, 0) is 42.3 Å². The fourth-order valence-electron chi connectivity index (χ4n) is 2.10. The minimum Gasteiger partial charge on any atom is -0.272 e. The molecule has 0 spiro atoms. The van der Waals surface area contributed by atoms with Crippen LogP contribution < -0.4 is 5.43 Å². The van der Waals surface area contributed by atoms with Crippen LogP contribution in [-0.2, 0) is 10.5 Å². The van der Waals surface area contributed by atoms with Crippen molar-refractivity contribution in [1.29, 1.82) is 0 Å². The quantitative estimate of drug-likeness (QED) is 0.250. The van der Waals surface area contributed by atoms with E-state index in [1.165, 1.54) is 23.1 Å². The van der Waals surface area contributed by atoms with E-state index in [2.05, 4.69) is 20.7 Å². The first kappa shape index (κ1) is 22.1. The Morgan fingerprint density at radius 2 is 1.59 bits per heavy atom. The highest BCUT2D eigenvalue weighted by Crippen LogP contribution is 2.30. The molecule has 0 unspecified atom stereocenters. The van der Waals surface area contributed by atoms with Crippen LogP contribution in [0.5, 0.6) is 0 Å². The van der Waals surface area contributed by atoms with Crippen LogP contribution in [0.3, 0.4) is 0 Å². The number of hydrogen-bond acceptors (Lipinski definition) is 7. The second-order valence-electron chi connectivity index (χ2n) is 5.78. The van der Waals surface area contributed by atoms with Crippen molar-refractivity contribution < 1.29 is 4.79 Å². The number of rotatable bonds is 8. The monoisotopic (exact) mass is 482 g/mol. The third-order valence-electron chi connectivity index (χ3n) is 3.60. The normalized spacial score (nSPS) is 11.5. The lowest BCUT2D eigenvalue weighted by molar-refractivity contribution is -0.118. The van der Waals surface area contributed by atoms with Crippen molar-refractivity contribution in [2.75, 3.05) is 5.75 Å². The number of aromatic nitrogens is 2. The highest BCUT2D eigenvalue weighted by Gasteiger charge is 2.09. The van der Waals surface area contributed by atoms with Gasteiger partial charge in [-0.2, -0.15) is 5.10 Å². The smallest absolute Gasteiger partial charge is 0.250 e. The van der Waals surface area contributed by atoms with E-state index in [4.69, 9.17) is 23.2 Å². The predicted octanol–water partition coefficient (Wildman–Crippen LogP) is 5.77. The Morgan fingerprint density at radius 1 is 1.00 bits per heavy atom. The lowest BCUT2D eigenvalue weighted by Gasteiger charge is -2.02. The zero-order valence-electron chi connectivity index (χ0n) is 15.3. The molecule has 5 nitrogen and oxygen atoms in total. The maximum Gasteiger partial charge on any atom is 0.250 e. The van der Waals surface area contributed by atoms with Crippen molar-refractivity contribution in [1.82, 2.24) is 15.6 Å². The average molecular weight is 483 g/mol. The molecule has 1 amide bonds. The topological polar surface area (TPSA) is 67.2 Å². The lowest BCUT2D eigenvalue weighted by atomic mass is 10.1. The van der Waals surface area contributed by atoms with Gasteiger partial charge in [-0.15, -0.1) is 10.2 Å². The number of carbonyl (C=O) groups excluding carboxylic acids is 1. The summed E-state index contributed by atoms with van der Waals surface area (Å²) in [5.74, 6) is 0.803. The molecule has 1 N–H and O–H groups in total. The van der Waals surface area contributed by atoms with Gasteiger partial charge in [0.2, 0.25) is 0 Å². The van der Waals surface area contributed by atoms with Crippen molar-refractivity contribution in [3.63, 3.8) is 0 Å². The van der Waals surface area contributed by atoms with E-state index in [1.54, 1.807) is 23.9 Å². The standard InChI is InChI=1S/C19H16Cl2N4OS3/c1-12(14-4-8-16(21)9-5-14)22-23-17(26)11-28-19-25-24-18(29-19)27-10-13-2-6-15(20)7-3-13/h2-9H,10-11H2,1H3,(H,23,26). The molecule has 2 aromatic carbocycles. The Kier molecular flexibility index (Phi) is 8.38. The summed E-state index contributed by atoms with van der Waals surface area (Å²) in [5.41, 5.74) is 5.33. The van der Waals surface area contributed by atoms with E-state index in [-0.39, 0.29) is 11.7 Å². The van der Waals surface area contributed by atoms with Gasteiger partial charge >= 0.3 is 0 Å². The molecule has 1 aromatic heterocycles. The highest BCUT2D eigenvalue weighted by molar-refractivity contribution is 8.03. The van der Waals surface area contributed by atoms with Crippen LogP contribution in [0.2, 0.25) is 10.0 Å². The fraction of sp³-hybridized carbons (Fsp3) is 0.158. The summed E-state index contributed by atoms with van der Waals surface area (Å²) < 4.78 is 1.61. The Balaban J connectivity index is 1.43. The Labute approximate surface area is 191 Å². The first-order valence-electron chi connectivity index (χ1n) is 8.42. The first-order valence-corrected chi connectivity index (χ1v) is 12.0. The molecule has 0 aliphatic carbocycles. The molecule has 29 heavy (non-hydrogen) atoms. The molecule has 0 radical (unpaired) electrons. The predicted molar refractivity (Wildman–Crippen MR) is 123 cm³/mol. The number of thioether (sulfide) groups is 2. The van der Waals surface area contributed by atoms with E-state index in [0.29, 0.717) is 10.7 Å². The largest absolute Gasteiger partial charge is 0.272 e. The molecule has 10 heteroatoms. The van der Waals surface area contributed by atoms with E-state index < -0.39 is 0 Å². The van der Waals surface area contributed by atoms with Gasteiger partial charge in [-0.1, -0.05) is 82.3 Å². The molecular formula is C19H16Cl2N4OS3. The Morgan fingerprint density at radius 3 is 2.24 bits per heavy atom. The maximum absolute atomic E-state index is 12.0.